The first kappa shape index (κ1) is 12.4. The Labute approximate surface area is 93.4 Å². The summed E-state index contributed by atoms with van der Waals surface area (Å²) in [7, 11) is 0. The highest BCUT2D eigenvalue weighted by Crippen LogP contribution is 2.08. The summed E-state index contributed by atoms with van der Waals surface area (Å²) in [4.78, 5) is 21.6. The third kappa shape index (κ3) is 3.15. The number of carbonyl (C=O) groups is 1. The quantitative estimate of drug-likeness (QED) is 0.573. The molecule has 6 nitrogen and oxygen atoms in total. The minimum absolute atomic E-state index is 0.142. The van der Waals surface area contributed by atoms with E-state index in [1.807, 2.05) is 0 Å². The summed E-state index contributed by atoms with van der Waals surface area (Å²) in [5.74, 6) is -0.466. The van der Waals surface area contributed by atoms with Crippen LogP contribution in [0, 0.1) is 29.9 Å². The molecular weight excluding hydrogens is 210 g/mol. The molecule has 88 valence electrons. The molecule has 0 amide bonds. The van der Waals surface area contributed by atoms with E-state index in [9.17, 15) is 14.9 Å². The largest absolute Gasteiger partial charge is 0.273 e. The lowest BCUT2D eigenvalue weighted by molar-refractivity contribution is -0.487. The van der Waals surface area contributed by atoms with Gasteiger partial charge in [-0.15, -0.1) is 0 Å². The van der Waals surface area contributed by atoms with E-state index in [1.165, 1.54) is 4.68 Å². The van der Waals surface area contributed by atoms with Gasteiger partial charge in [0.25, 0.3) is 0 Å². The van der Waals surface area contributed by atoms with Gasteiger partial charge in [0.05, 0.1) is 5.69 Å². The van der Waals surface area contributed by atoms with Gasteiger partial charge in [-0.25, -0.2) is 4.68 Å². The monoisotopic (exact) mass is 225 g/mol. The fourth-order valence-corrected chi connectivity index (χ4v) is 1.58. The van der Waals surface area contributed by atoms with Crippen molar-refractivity contribution in [3.05, 3.63) is 27.6 Å². The summed E-state index contributed by atoms with van der Waals surface area (Å²) in [5.41, 5.74) is 1.53. The Kier molecular flexibility index (Phi) is 3.76. The molecule has 0 saturated carbocycles. The number of rotatable bonds is 4. The summed E-state index contributed by atoms with van der Waals surface area (Å²) in [5, 5.41) is 14.3. The molecule has 16 heavy (non-hydrogen) atoms. The van der Waals surface area contributed by atoms with Gasteiger partial charge in [-0.1, -0.05) is 6.92 Å². The van der Waals surface area contributed by atoms with Crippen LogP contribution in [0.5, 0.6) is 0 Å². The number of hydrogen-bond donors (Lipinski definition) is 0. The third-order valence-corrected chi connectivity index (χ3v) is 2.23. The Hall–Kier alpha value is -1.72. The van der Waals surface area contributed by atoms with E-state index in [1.54, 1.807) is 26.8 Å². The predicted molar refractivity (Wildman–Crippen MR) is 58.0 cm³/mol. The third-order valence-electron chi connectivity index (χ3n) is 2.23. The predicted octanol–water partition coefficient (Wildman–Crippen LogP) is 1.44. The lowest BCUT2D eigenvalue weighted by Crippen LogP contribution is -2.21. The zero-order chi connectivity index (χ0) is 12.3. The highest BCUT2D eigenvalue weighted by atomic mass is 16.6. The lowest BCUT2D eigenvalue weighted by Gasteiger charge is -2.06. The Morgan fingerprint density at radius 1 is 1.62 bits per heavy atom. The first-order valence-electron chi connectivity index (χ1n) is 5.08. The molecule has 1 aromatic heterocycles. The Morgan fingerprint density at radius 2 is 2.25 bits per heavy atom. The molecule has 1 aromatic rings. The standard InChI is InChI=1S/C10H15N3O3/c1-7(6-12(15)16)4-10(14)13-9(3)5-8(2)11-13/h5,7H,4,6H2,1-3H3. The molecule has 1 unspecified atom stereocenters. The molecular formula is C10H15N3O3. The van der Waals surface area contributed by atoms with Gasteiger partial charge in [0.1, 0.15) is 0 Å². The van der Waals surface area contributed by atoms with E-state index in [4.69, 9.17) is 0 Å². The van der Waals surface area contributed by atoms with E-state index in [2.05, 4.69) is 5.10 Å². The van der Waals surface area contributed by atoms with Crippen molar-refractivity contribution in [1.29, 1.82) is 0 Å². The zero-order valence-corrected chi connectivity index (χ0v) is 9.64. The van der Waals surface area contributed by atoms with Gasteiger partial charge in [0.2, 0.25) is 12.5 Å². The molecule has 0 radical (unpaired) electrons. The van der Waals surface area contributed by atoms with Crippen molar-refractivity contribution >= 4 is 5.91 Å². The SMILES string of the molecule is Cc1cc(C)n(C(=O)CC(C)C[N+](=O)[O-])n1. The van der Waals surface area contributed by atoms with Crippen molar-refractivity contribution in [3.8, 4) is 0 Å². The highest BCUT2D eigenvalue weighted by molar-refractivity contribution is 5.78. The van der Waals surface area contributed by atoms with Gasteiger partial charge in [0, 0.05) is 23.0 Å². The molecule has 0 spiro atoms. The van der Waals surface area contributed by atoms with Crippen LogP contribution in [0.1, 0.15) is 29.5 Å². The van der Waals surface area contributed by atoms with Gasteiger partial charge < -0.3 is 0 Å². The average Bonchev–Trinajstić information content (AvgIpc) is 2.43. The van der Waals surface area contributed by atoms with Crippen LogP contribution in [0.2, 0.25) is 0 Å². The van der Waals surface area contributed by atoms with E-state index >= 15 is 0 Å². The molecule has 0 N–H and O–H groups in total. The van der Waals surface area contributed by atoms with Crippen LogP contribution in [0.15, 0.2) is 6.07 Å². The van der Waals surface area contributed by atoms with Gasteiger partial charge in [-0.3, -0.25) is 14.9 Å². The molecule has 0 fully saturated rings. The first-order chi connectivity index (χ1) is 7.40. The van der Waals surface area contributed by atoms with Crippen molar-refractivity contribution in [1.82, 2.24) is 9.78 Å². The zero-order valence-electron chi connectivity index (χ0n) is 9.64. The van der Waals surface area contributed by atoms with Crippen molar-refractivity contribution in [2.75, 3.05) is 6.54 Å². The maximum atomic E-state index is 11.7. The molecule has 0 aromatic carbocycles. The summed E-state index contributed by atoms with van der Waals surface area (Å²) < 4.78 is 1.31. The fourth-order valence-electron chi connectivity index (χ4n) is 1.58. The summed E-state index contributed by atoms with van der Waals surface area (Å²) in [6.07, 6.45) is 0.142. The summed E-state index contributed by atoms with van der Waals surface area (Å²) in [6, 6.07) is 1.80. The molecule has 0 aliphatic carbocycles. The molecule has 1 heterocycles. The highest BCUT2D eigenvalue weighted by Gasteiger charge is 2.17. The number of aromatic nitrogens is 2. The topological polar surface area (TPSA) is 78.0 Å². The van der Waals surface area contributed by atoms with Gasteiger partial charge in [-0.05, 0) is 19.9 Å². The Morgan fingerprint density at radius 3 is 2.69 bits per heavy atom. The van der Waals surface area contributed by atoms with Gasteiger partial charge in [0.15, 0.2) is 0 Å². The van der Waals surface area contributed by atoms with Crippen molar-refractivity contribution < 1.29 is 9.72 Å². The fraction of sp³-hybridized carbons (Fsp3) is 0.600. The lowest BCUT2D eigenvalue weighted by atomic mass is 10.1. The van der Waals surface area contributed by atoms with Gasteiger partial charge in [-0.2, -0.15) is 5.10 Å². The second-order valence-corrected chi connectivity index (χ2v) is 4.06. The number of carbonyl (C=O) groups excluding carboxylic acids is 1. The second-order valence-electron chi connectivity index (χ2n) is 4.06. The summed E-state index contributed by atoms with van der Waals surface area (Å²) >= 11 is 0. The average molecular weight is 225 g/mol. The molecule has 0 aliphatic rings. The molecule has 0 saturated heterocycles. The Balaban J connectivity index is 2.65. The van der Waals surface area contributed by atoms with E-state index < -0.39 is 4.92 Å². The first-order valence-corrected chi connectivity index (χ1v) is 5.08. The number of nitro groups is 1. The minimum atomic E-state index is -0.404. The van der Waals surface area contributed by atoms with Crippen molar-refractivity contribution in [2.45, 2.75) is 27.2 Å². The van der Waals surface area contributed by atoms with Crippen molar-refractivity contribution in [3.63, 3.8) is 0 Å². The minimum Gasteiger partial charge on any atom is -0.273 e. The molecule has 0 bridgehead atoms. The molecule has 1 atom stereocenters. The molecule has 1 rings (SSSR count). The van der Waals surface area contributed by atoms with Crippen LogP contribution in [0.3, 0.4) is 0 Å². The number of nitrogens with zero attached hydrogens (tertiary/aromatic N) is 3. The van der Waals surface area contributed by atoms with Crippen LogP contribution >= 0.6 is 0 Å². The maximum absolute atomic E-state index is 11.7. The second kappa shape index (κ2) is 4.87. The van der Waals surface area contributed by atoms with E-state index in [0.29, 0.717) is 0 Å². The molecule has 6 heteroatoms. The van der Waals surface area contributed by atoms with E-state index in [0.717, 1.165) is 11.4 Å². The van der Waals surface area contributed by atoms with Crippen LogP contribution < -0.4 is 0 Å². The van der Waals surface area contributed by atoms with Gasteiger partial charge >= 0.3 is 0 Å². The van der Waals surface area contributed by atoms with Crippen LogP contribution in [-0.4, -0.2) is 27.2 Å². The molecule has 0 aliphatic heterocycles. The Bertz CT molecular complexity index is 411. The van der Waals surface area contributed by atoms with Crippen molar-refractivity contribution in [2.24, 2.45) is 5.92 Å². The number of aryl methyl sites for hydroxylation is 2. The van der Waals surface area contributed by atoms with Crippen LogP contribution in [0.4, 0.5) is 0 Å². The maximum Gasteiger partial charge on any atom is 0.247 e. The van der Waals surface area contributed by atoms with E-state index in [-0.39, 0.29) is 24.8 Å². The van der Waals surface area contributed by atoms with Crippen LogP contribution in [0.25, 0.3) is 0 Å². The smallest absolute Gasteiger partial charge is 0.247 e. The number of hydrogen-bond acceptors (Lipinski definition) is 4. The van der Waals surface area contributed by atoms with Crippen LogP contribution in [-0.2, 0) is 0 Å². The normalized spacial score (nSPS) is 12.4. The summed E-state index contributed by atoms with van der Waals surface area (Å²) in [6.45, 7) is 5.09.